The van der Waals surface area contributed by atoms with Gasteiger partial charge in [-0.2, -0.15) is 0 Å². The Morgan fingerprint density at radius 2 is 1.57 bits per heavy atom. The zero-order valence-electron chi connectivity index (χ0n) is 22.3. The van der Waals surface area contributed by atoms with Gasteiger partial charge in [-0.1, -0.05) is 87.5 Å². The number of nitrogens with one attached hydrogen (secondary N) is 1. The number of rotatable bonds is 10. The number of carbonyl (C=O) groups is 2. The Morgan fingerprint density at radius 1 is 0.900 bits per heavy atom. The van der Waals surface area contributed by atoms with Crippen molar-refractivity contribution in [1.29, 1.82) is 0 Å². The molecule has 0 aromatic heterocycles. The number of nitrogens with zero attached hydrogens (tertiary/aromatic N) is 2. The van der Waals surface area contributed by atoms with E-state index in [1.54, 1.807) is 49.4 Å². The molecule has 3 aromatic rings. The molecule has 0 saturated heterocycles. The second-order valence-corrected chi connectivity index (χ2v) is 13.7. The molecule has 40 heavy (non-hydrogen) atoms. The van der Waals surface area contributed by atoms with Crippen molar-refractivity contribution in [2.45, 2.75) is 62.6 Å². The first-order valence-corrected chi connectivity index (χ1v) is 16.4. The number of benzene rings is 3. The van der Waals surface area contributed by atoms with Crippen LogP contribution in [0, 0.1) is 0 Å². The van der Waals surface area contributed by atoms with Crippen molar-refractivity contribution in [2.24, 2.45) is 0 Å². The second-order valence-electron chi connectivity index (χ2n) is 9.97. The van der Waals surface area contributed by atoms with Gasteiger partial charge >= 0.3 is 0 Å². The number of anilines is 1. The van der Waals surface area contributed by atoms with Gasteiger partial charge in [0.25, 0.3) is 10.0 Å². The van der Waals surface area contributed by atoms with Gasteiger partial charge in [0.05, 0.1) is 10.6 Å². The maximum atomic E-state index is 14.0. The fourth-order valence-electron chi connectivity index (χ4n) is 4.82. The predicted molar refractivity (Wildman–Crippen MR) is 164 cm³/mol. The third-order valence-electron chi connectivity index (χ3n) is 7.09. The lowest BCUT2D eigenvalue weighted by Gasteiger charge is -2.33. The molecule has 212 valence electrons. The number of carbonyl (C=O) groups excluding carboxylic acids is 2. The van der Waals surface area contributed by atoms with Gasteiger partial charge < -0.3 is 10.2 Å². The Morgan fingerprint density at radius 3 is 2.23 bits per heavy atom. The van der Waals surface area contributed by atoms with Crippen molar-refractivity contribution in [1.82, 2.24) is 10.2 Å². The van der Waals surface area contributed by atoms with Crippen LogP contribution >= 0.6 is 31.9 Å². The number of sulfonamides is 1. The predicted octanol–water partition coefficient (Wildman–Crippen LogP) is 6.27. The van der Waals surface area contributed by atoms with E-state index < -0.39 is 28.5 Å². The Balaban J connectivity index is 1.66. The zero-order valence-corrected chi connectivity index (χ0v) is 26.3. The van der Waals surface area contributed by atoms with E-state index in [2.05, 4.69) is 37.2 Å². The summed E-state index contributed by atoms with van der Waals surface area (Å²) in [6.07, 6.45) is 5.15. The van der Waals surface area contributed by atoms with Crippen LogP contribution in [0.5, 0.6) is 0 Å². The number of amides is 2. The van der Waals surface area contributed by atoms with Crippen LogP contribution in [-0.4, -0.2) is 43.8 Å². The summed E-state index contributed by atoms with van der Waals surface area (Å²) < 4.78 is 30.3. The lowest BCUT2D eigenvalue weighted by molar-refractivity contribution is -0.139. The van der Waals surface area contributed by atoms with Crippen LogP contribution in [-0.2, 0) is 26.2 Å². The fourth-order valence-corrected chi connectivity index (χ4v) is 6.90. The van der Waals surface area contributed by atoms with Crippen molar-refractivity contribution in [3.05, 3.63) is 93.4 Å². The lowest BCUT2D eigenvalue weighted by atomic mass is 9.95. The fraction of sp³-hybridized carbons (Fsp3) is 0.333. The molecule has 0 spiro atoms. The maximum Gasteiger partial charge on any atom is 0.264 e. The highest BCUT2D eigenvalue weighted by Crippen LogP contribution is 2.27. The number of halogens is 2. The first-order valence-electron chi connectivity index (χ1n) is 13.3. The summed E-state index contributed by atoms with van der Waals surface area (Å²) in [4.78, 5) is 28.9. The Kier molecular flexibility index (Phi) is 10.4. The van der Waals surface area contributed by atoms with Gasteiger partial charge in [-0.3, -0.25) is 13.9 Å². The van der Waals surface area contributed by atoms with Crippen LogP contribution in [0.3, 0.4) is 0 Å². The first-order chi connectivity index (χ1) is 19.1. The molecular formula is C30H33Br2N3O4S. The molecule has 2 amide bonds. The molecule has 1 atom stereocenters. The SMILES string of the molecule is CC(C(=O)NC1CCCCC1)N(Cc1ccc(Br)cc1)C(=O)CN(c1cccc(Br)c1)S(=O)(=O)c1ccccc1. The van der Waals surface area contributed by atoms with Crippen molar-refractivity contribution in [3.63, 3.8) is 0 Å². The topological polar surface area (TPSA) is 86.8 Å². The van der Waals surface area contributed by atoms with Crippen molar-refractivity contribution >= 4 is 59.4 Å². The van der Waals surface area contributed by atoms with Gasteiger partial charge in [-0.25, -0.2) is 8.42 Å². The van der Waals surface area contributed by atoms with Gasteiger partial charge in [0.1, 0.15) is 12.6 Å². The minimum atomic E-state index is -4.09. The van der Waals surface area contributed by atoms with Gasteiger partial charge in [0, 0.05) is 21.5 Å². The Labute approximate surface area is 253 Å². The molecule has 1 N–H and O–H groups in total. The Hall–Kier alpha value is -2.69. The molecule has 10 heteroatoms. The molecular weight excluding hydrogens is 658 g/mol. The minimum absolute atomic E-state index is 0.0744. The van der Waals surface area contributed by atoms with Gasteiger partial charge in [-0.05, 0) is 67.8 Å². The summed E-state index contributed by atoms with van der Waals surface area (Å²) in [5, 5.41) is 3.12. The highest BCUT2D eigenvalue weighted by molar-refractivity contribution is 9.10. The number of hydrogen-bond acceptors (Lipinski definition) is 4. The van der Waals surface area contributed by atoms with Crippen LogP contribution in [0.4, 0.5) is 5.69 Å². The van der Waals surface area contributed by atoms with E-state index in [4.69, 9.17) is 0 Å². The summed E-state index contributed by atoms with van der Waals surface area (Å²) in [5.41, 5.74) is 1.17. The monoisotopic (exact) mass is 689 g/mol. The molecule has 7 nitrogen and oxygen atoms in total. The summed E-state index contributed by atoms with van der Waals surface area (Å²) in [7, 11) is -4.09. The normalized spacial score (nSPS) is 14.8. The average Bonchev–Trinajstić information content (AvgIpc) is 2.96. The van der Waals surface area contributed by atoms with Gasteiger partial charge in [-0.15, -0.1) is 0 Å². The van der Waals surface area contributed by atoms with Crippen molar-refractivity contribution in [2.75, 3.05) is 10.8 Å². The van der Waals surface area contributed by atoms with E-state index >= 15 is 0 Å². The highest BCUT2D eigenvalue weighted by atomic mass is 79.9. The molecule has 0 heterocycles. The van der Waals surface area contributed by atoms with E-state index in [0.717, 1.165) is 46.4 Å². The van der Waals surface area contributed by atoms with Crippen molar-refractivity contribution < 1.29 is 18.0 Å². The highest BCUT2D eigenvalue weighted by Gasteiger charge is 2.33. The third kappa shape index (κ3) is 7.73. The van der Waals surface area contributed by atoms with E-state index in [1.165, 1.54) is 17.0 Å². The van der Waals surface area contributed by atoms with E-state index in [0.29, 0.717) is 10.2 Å². The minimum Gasteiger partial charge on any atom is -0.352 e. The Bertz CT molecular complexity index is 1410. The quantitative estimate of drug-likeness (QED) is 0.272. The molecule has 3 aromatic carbocycles. The molecule has 4 rings (SSSR count). The smallest absolute Gasteiger partial charge is 0.264 e. The van der Waals surface area contributed by atoms with Crippen LogP contribution in [0.25, 0.3) is 0 Å². The largest absolute Gasteiger partial charge is 0.352 e. The lowest BCUT2D eigenvalue weighted by Crippen LogP contribution is -2.53. The van der Waals surface area contributed by atoms with E-state index in [1.807, 2.05) is 24.3 Å². The van der Waals surface area contributed by atoms with E-state index in [9.17, 15) is 18.0 Å². The van der Waals surface area contributed by atoms with Crippen LogP contribution in [0.2, 0.25) is 0 Å². The van der Waals surface area contributed by atoms with Gasteiger partial charge in [0.2, 0.25) is 11.8 Å². The first kappa shape index (κ1) is 30.3. The summed E-state index contributed by atoms with van der Waals surface area (Å²) in [6.45, 7) is 1.39. The summed E-state index contributed by atoms with van der Waals surface area (Å²) in [5.74, 6) is -0.717. The summed E-state index contributed by atoms with van der Waals surface area (Å²) in [6, 6.07) is 21.6. The van der Waals surface area contributed by atoms with Crippen LogP contribution < -0.4 is 9.62 Å². The molecule has 0 bridgehead atoms. The van der Waals surface area contributed by atoms with Crippen molar-refractivity contribution in [3.8, 4) is 0 Å². The van der Waals surface area contributed by atoms with Crippen LogP contribution in [0.1, 0.15) is 44.6 Å². The molecule has 0 radical (unpaired) electrons. The molecule has 1 aliphatic carbocycles. The summed E-state index contributed by atoms with van der Waals surface area (Å²) >= 11 is 6.85. The maximum absolute atomic E-state index is 14.0. The molecule has 1 aliphatic rings. The molecule has 1 unspecified atom stereocenters. The molecule has 1 saturated carbocycles. The third-order valence-corrected chi connectivity index (χ3v) is 9.90. The van der Waals surface area contributed by atoms with Gasteiger partial charge in [0.15, 0.2) is 0 Å². The standard InChI is InChI=1S/C30H33Br2N3O4S/c1-22(30(37)33-26-10-4-2-5-11-26)34(20-23-15-17-24(31)18-16-23)29(36)21-35(27-12-8-9-25(32)19-27)40(38,39)28-13-6-3-7-14-28/h3,6-9,12-19,22,26H,2,4-5,10-11,20-21H2,1H3,(H,33,37). The van der Waals surface area contributed by atoms with E-state index in [-0.39, 0.29) is 23.4 Å². The van der Waals surface area contributed by atoms with Crippen LogP contribution in [0.15, 0.2) is 92.7 Å². The second kappa shape index (κ2) is 13.8. The average molecular weight is 691 g/mol. The zero-order chi connectivity index (χ0) is 28.7. The molecule has 1 fully saturated rings. The molecule has 0 aliphatic heterocycles. The number of hydrogen-bond donors (Lipinski definition) is 1.